The van der Waals surface area contributed by atoms with E-state index in [0.29, 0.717) is 18.2 Å². The van der Waals surface area contributed by atoms with Gasteiger partial charge in [-0.05, 0) is 61.5 Å². The standard InChI is InChI=1S/C26H34N2O4/c1-6-19-15(3)23(28-13-27-19)32-22-14(2)10-25-8-7-18-20(24(18,4)5)17(21(25)30)9-16(12-29)11-26(22,25)31/h9-10,13,17-18,20,22,29,31H,6-8,11-12H2,1-5H3/t17-,18?,20+,22-,25+,26-/m0/s1. The van der Waals surface area contributed by atoms with Crippen molar-refractivity contribution in [3.8, 4) is 5.88 Å². The highest BCUT2D eigenvalue weighted by atomic mass is 16.5. The number of carbonyl (C=O) groups excluding carboxylic acids is 1. The highest BCUT2D eigenvalue weighted by molar-refractivity contribution is 5.94. The molecule has 4 aliphatic carbocycles. The predicted octanol–water partition coefficient (Wildman–Crippen LogP) is 3.35. The quantitative estimate of drug-likeness (QED) is 0.701. The van der Waals surface area contributed by atoms with Crippen LogP contribution in [0.25, 0.3) is 0 Å². The fraction of sp³-hybridized carbons (Fsp3) is 0.654. The van der Waals surface area contributed by atoms with Gasteiger partial charge in [0.1, 0.15) is 11.9 Å². The van der Waals surface area contributed by atoms with Gasteiger partial charge in [0.15, 0.2) is 11.9 Å². The van der Waals surface area contributed by atoms with Gasteiger partial charge in [-0.3, -0.25) is 4.79 Å². The molecule has 2 saturated carbocycles. The van der Waals surface area contributed by atoms with Crippen LogP contribution in [0.15, 0.2) is 29.6 Å². The molecule has 6 heteroatoms. The maximum absolute atomic E-state index is 14.1. The van der Waals surface area contributed by atoms with Gasteiger partial charge in [0.25, 0.3) is 0 Å². The van der Waals surface area contributed by atoms with Crippen LogP contribution >= 0.6 is 0 Å². The van der Waals surface area contributed by atoms with Crippen molar-refractivity contribution in [1.82, 2.24) is 9.97 Å². The van der Waals surface area contributed by atoms with Crippen LogP contribution < -0.4 is 4.74 Å². The molecule has 0 saturated heterocycles. The number of aryl methyl sites for hydroxylation is 1. The normalized spacial score (nSPS) is 39.3. The lowest BCUT2D eigenvalue weighted by Gasteiger charge is -2.44. The molecule has 0 amide bonds. The third-order valence-electron chi connectivity index (χ3n) is 9.03. The smallest absolute Gasteiger partial charge is 0.220 e. The summed E-state index contributed by atoms with van der Waals surface area (Å²) in [5, 5.41) is 22.5. The van der Waals surface area contributed by atoms with E-state index >= 15 is 0 Å². The third kappa shape index (κ3) is 2.69. The molecule has 2 fully saturated rings. The summed E-state index contributed by atoms with van der Waals surface area (Å²) in [6.45, 7) is 10.2. The molecule has 1 aromatic heterocycles. The molecular formula is C26H34N2O4. The first kappa shape index (κ1) is 21.8. The summed E-state index contributed by atoms with van der Waals surface area (Å²) in [6, 6.07) is 0. The molecule has 1 spiro atoms. The Balaban J connectivity index is 1.60. The van der Waals surface area contributed by atoms with Crippen LogP contribution in [0.1, 0.15) is 58.2 Å². The molecule has 172 valence electrons. The number of aromatic nitrogens is 2. The number of nitrogens with zero attached hydrogens (tertiary/aromatic N) is 2. The Morgan fingerprint density at radius 1 is 1.25 bits per heavy atom. The topological polar surface area (TPSA) is 92.5 Å². The Kier molecular flexibility index (Phi) is 4.75. The zero-order valence-electron chi connectivity index (χ0n) is 19.7. The number of Topliss-reactive ketones (excluding diaryl/α,β-unsaturated/α-hetero) is 1. The third-order valence-corrected chi connectivity index (χ3v) is 9.03. The lowest BCUT2D eigenvalue weighted by Crippen LogP contribution is -2.58. The molecule has 1 heterocycles. The minimum Gasteiger partial charge on any atom is -0.466 e. The second kappa shape index (κ2) is 6.97. The lowest BCUT2D eigenvalue weighted by atomic mass is 9.64. The SMILES string of the molecule is CCc1ncnc(O[C@H]2C(C)=C[C@@]34CCC5[C@@H]([C@H](C=C(CO)C[C@]23O)C4=O)C5(C)C)c1C. The van der Waals surface area contributed by atoms with E-state index < -0.39 is 17.1 Å². The molecule has 1 unspecified atom stereocenters. The van der Waals surface area contributed by atoms with Gasteiger partial charge in [0, 0.05) is 17.9 Å². The zero-order chi connectivity index (χ0) is 23.1. The molecule has 2 bridgehead atoms. The Labute approximate surface area is 189 Å². The second-order valence-electron chi connectivity index (χ2n) is 10.9. The minimum absolute atomic E-state index is 0.0839. The summed E-state index contributed by atoms with van der Waals surface area (Å²) in [4.78, 5) is 22.8. The first-order chi connectivity index (χ1) is 15.1. The number of aliphatic hydroxyl groups is 2. The van der Waals surface area contributed by atoms with Crippen LogP contribution in [0.5, 0.6) is 5.88 Å². The first-order valence-electron chi connectivity index (χ1n) is 11.8. The van der Waals surface area contributed by atoms with Crippen molar-refractivity contribution in [2.24, 2.45) is 28.6 Å². The lowest BCUT2D eigenvalue weighted by molar-refractivity contribution is -0.153. The fourth-order valence-electron chi connectivity index (χ4n) is 7.23. The summed E-state index contributed by atoms with van der Waals surface area (Å²) in [5.41, 5.74) is 0.989. The van der Waals surface area contributed by atoms with Crippen molar-refractivity contribution < 1.29 is 19.7 Å². The van der Waals surface area contributed by atoms with Gasteiger partial charge < -0.3 is 14.9 Å². The molecule has 5 rings (SSSR count). The number of aliphatic hydroxyl groups excluding tert-OH is 1. The number of rotatable bonds is 4. The van der Waals surface area contributed by atoms with Crippen molar-refractivity contribution in [3.63, 3.8) is 0 Å². The Bertz CT molecular complexity index is 1040. The summed E-state index contributed by atoms with van der Waals surface area (Å²) >= 11 is 0. The van der Waals surface area contributed by atoms with E-state index in [1.54, 1.807) is 0 Å². The number of carbonyl (C=O) groups is 1. The van der Waals surface area contributed by atoms with Crippen molar-refractivity contribution in [1.29, 1.82) is 0 Å². The predicted molar refractivity (Wildman–Crippen MR) is 120 cm³/mol. The number of hydrogen-bond donors (Lipinski definition) is 2. The number of ether oxygens (including phenoxy) is 1. The average molecular weight is 439 g/mol. The monoisotopic (exact) mass is 438 g/mol. The molecular weight excluding hydrogens is 404 g/mol. The highest BCUT2D eigenvalue weighted by Gasteiger charge is 2.72. The van der Waals surface area contributed by atoms with E-state index in [2.05, 4.69) is 23.8 Å². The van der Waals surface area contributed by atoms with Crippen molar-refractivity contribution in [3.05, 3.63) is 40.9 Å². The van der Waals surface area contributed by atoms with Gasteiger partial charge in [-0.2, -0.15) is 0 Å². The Morgan fingerprint density at radius 3 is 2.69 bits per heavy atom. The van der Waals surface area contributed by atoms with Crippen LogP contribution in [-0.4, -0.2) is 44.3 Å². The molecule has 6 nitrogen and oxygen atoms in total. The van der Waals surface area contributed by atoms with Crippen LogP contribution in [-0.2, 0) is 11.2 Å². The van der Waals surface area contributed by atoms with Crippen LogP contribution in [0.2, 0.25) is 0 Å². The van der Waals surface area contributed by atoms with Gasteiger partial charge in [-0.15, -0.1) is 0 Å². The maximum atomic E-state index is 14.1. The molecule has 0 aliphatic heterocycles. The first-order valence-corrected chi connectivity index (χ1v) is 11.8. The largest absolute Gasteiger partial charge is 0.466 e. The van der Waals surface area contributed by atoms with Crippen LogP contribution in [0, 0.1) is 35.5 Å². The van der Waals surface area contributed by atoms with E-state index in [0.717, 1.165) is 35.2 Å². The Hall–Kier alpha value is -2.05. The average Bonchev–Trinajstić information content (AvgIpc) is 3.29. The summed E-state index contributed by atoms with van der Waals surface area (Å²) in [6.07, 6.45) is 7.22. The minimum atomic E-state index is -1.46. The molecule has 1 aromatic rings. The molecule has 6 atom stereocenters. The van der Waals surface area contributed by atoms with Gasteiger partial charge in [0.2, 0.25) is 5.88 Å². The van der Waals surface area contributed by atoms with Crippen molar-refractivity contribution in [2.45, 2.75) is 72.0 Å². The van der Waals surface area contributed by atoms with Crippen molar-refractivity contribution >= 4 is 5.78 Å². The van der Waals surface area contributed by atoms with Crippen LogP contribution in [0.3, 0.4) is 0 Å². The van der Waals surface area contributed by atoms with E-state index in [1.807, 2.05) is 32.9 Å². The summed E-state index contributed by atoms with van der Waals surface area (Å²) in [7, 11) is 0. The maximum Gasteiger partial charge on any atom is 0.220 e. The van der Waals surface area contributed by atoms with Crippen LogP contribution in [0.4, 0.5) is 0 Å². The van der Waals surface area contributed by atoms with Crippen molar-refractivity contribution in [2.75, 3.05) is 6.61 Å². The molecule has 2 N–H and O–H groups in total. The number of hydrogen-bond acceptors (Lipinski definition) is 6. The number of ketones is 1. The summed E-state index contributed by atoms with van der Waals surface area (Å²) < 4.78 is 6.41. The van der Waals surface area contributed by atoms with Gasteiger partial charge in [-0.25, -0.2) is 9.97 Å². The Morgan fingerprint density at radius 2 is 2.00 bits per heavy atom. The molecule has 4 aliphatic rings. The number of allylic oxidation sites excluding steroid dienone is 1. The second-order valence-corrected chi connectivity index (χ2v) is 10.9. The zero-order valence-corrected chi connectivity index (χ0v) is 19.7. The van der Waals surface area contributed by atoms with E-state index in [4.69, 9.17) is 4.74 Å². The highest BCUT2D eigenvalue weighted by Crippen LogP contribution is 2.70. The van der Waals surface area contributed by atoms with Gasteiger partial charge >= 0.3 is 0 Å². The van der Waals surface area contributed by atoms with E-state index in [-0.39, 0.29) is 36.1 Å². The molecule has 0 radical (unpaired) electrons. The molecule has 0 aromatic carbocycles. The fourth-order valence-corrected chi connectivity index (χ4v) is 7.23. The van der Waals surface area contributed by atoms with E-state index in [1.165, 1.54) is 6.33 Å². The van der Waals surface area contributed by atoms with Gasteiger partial charge in [0.05, 0.1) is 17.7 Å². The summed E-state index contributed by atoms with van der Waals surface area (Å²) in [5.74, 6) is 0.979. The molecule has 32 heavy (non-hydrogen) atoms. The van der Waals surface area contributed by atoms with Gasteiger partial charge in [-0.1, -0.05) is 32.9 Å². The van der Waals surface area contributed by atoms with E-state index in [9.17, 15) is 15.0 Å². The number of fused-ring (bicyclic) bond motifs is 3.